The Hall–Kier alpha value is -1.88. The molecule has 3 rings (SSSR count). The van der Waals surface area contributed by atoms with Gasteiger partial charge >= 0.3 is 0 Å². The minimum absolute atomic E-state index is 0. The van der Waals surface area contributed by atoms with Crippen LogP contribution in [-0.2, 0) is 16.9 Å². The molecule has 3 N–H and O–H groups in total. The zero-order chi connectivity index (χ0) is 22.7. The van der Waals surface area contributed by atoms with Crippen molar-refractivity contribution >= 4 is 29.9 Å². The van der Waals surface area contributed by atoms with Crippen molar-refractivity contribution in [2.45, 2.75) is 26.0 Å². The molecule has 8 heteroatoms. The smallest absolute Gasteiger partial charge is 0.191 e. The van der Waals surface area contributed by atoms with E-state index in [0.29, 0.717) is 25.7 Å². The first kappa shape index (κ1) is 27.4. The summed E-state index contributed by atoms with van der Waals surface area (Å²) in [7, 11) is 0. The molecule has 7 nitrogen and oxygen atoms in total. The highest BCUT2D eigenvalue weighted by atomic mass is 127. The fourth-order valence-electron chi connectivity index (χ4n) is 3.52. The number of ether oxygens (including phenoxy) is 2. The molecule has 1 aliphatic heterocycles. The average molecular weight is 569 g/mol. The quantitative estimate of drug-likeness (QED) is 0.233. The van der Waals surface area contributed by atoms with E-state index in [1.54, 1.807) is 6.92 Å². The van der Waals surface area contributed by atoms with Gasteiger partial charge < -0.3 is 25.2 Å². The molecule has 0 aliphatic carbocycles. The molecule has 2 aromatic carbocycles. The van der Waals surface area contributed by atoms with Crippen LogP contribution in [-0.4, -0.2) is 68.5 Å². The van der Waals surface area contributed by atoms with Crippen LogP contribution in [0.4, 0.5) is 0 Å². The van der Waals surface area contributed by atoms with Gasteiger partial charge in [-0.3, -0.25) is 4.90 Å². The van der Waals surface area contributed by atoms with E-state index in [4.69, 9.17) is 9.47 Å². The number of guanidine groups is 1. The second kappa shape index (κ2) is 14.4. The summed E-state index contributed by atoms with van der Waals surface area (Å²) in [6.07, 6.45) is 0. The van der Waals surface area contributed by atoms with Crippen LogP contribution in [0.25, 0.3) is 0 Å². The van der Waals surface area contributed by atoms with Crippen molar-refractivity contribution in [3.63, 3.8) is 0 Å². The van der Waals surface area contributed by atoms with Crippen LogP contribution in [0.5, 0.6) is 5.75 Å². The molecule has 1 heterocycles. The van der Waals surface area contributed by atoms with Gasteiger partial charge in [0.15, 0.2) is 5.96 Å². The molecule has 0 spiro atoms. The molecule has 1 saturated heterocycles. The minimum Gasteiger partial charge on any atom is -0.492 e. The fourth-order valence-corrected chi connectivity index (χ4v) is 3.52. The van der Waals surface area contributed by atoms with Crippen molar-refractivity contribution in [2.75, 3.05) is 52.5 Å². The Morgan fingerprint density at radius 2 is 1.88 bits per heavy atom. The van der Waals surface area contributed by atoms with Crippen LogP contribution in [0.2, 0.25) is 0 Å². The number of benzene rings is 2. The number of nitrogens with one attached hydrogen (secondary N) is 2. The number of morpholine rings is 1. The highest BCUT2D eigenvalue weighted by Gasteiger charge is 2.22. The largest absolute Gasteiger partial charge is 0.492 e. The van der Waals surface area contributed by atoms with Crippen LogP contribution >= 0.6 is 24.0 Å². The van der Waals surface area contributed by atoms with Crippen molar-refractivity contribution in [1.29, 1.82) is 0 Å². The summed E-state index contributed by atoms with van der Waals surface area (Å²) in [6, 6.07) is 17.7. The SMILES string of the molecule is CCNC(=NCc1cccc(OCCN2CCOCC2)c1)NCC(C)(O)c1ccccc1.I. The number of aliphatic hydroxyl groups is 1. The number of nitrogens with zero attached hydrogens (tertiary/aromatic N) is 2. The van der Waals surface area contributed by atoms with Gasteiger partial charge in [0.25, 0.3) is 0 Å². The number of halogens is 1. The van der Waals surface area contributed by atoms with Crippen LogP contribution in [0.3, 0.4) is 0 Å². The molecule has 182 valence electrons. The highest BCUT2D eigenvalue weighted by molar-refractivity contribution is 14.0. The molecule has 2 aromatic rings. The third-order valence-electron chi connectivity index (χ3n) is 5.44. The van der Waals surface area contributed by atoms with Gasteiger partial charge in [0.05, 0.1) is 26.3 Å². The van der Waals surface area contributed by atoms with Crippen molar-refractivity contribution in [3.05, 3.63) is 65.7 Å². The molecule has 1 fully saturated rings. The minimum atomic E-state index is -0.994. The van der Waals surface area contributed by atoms with Gasteiger partial charge in [0, 0.05) is 26.2 Å². The summed E-state index contributed by atoms with van der Waals surface area (Å²) in [4.78, 5) is 7.04. The summed E-state index contributed by atoms with van der Waals surface area (Å²) in [6.45, 7) is 10.5. The molecule has 0 amide bonds. The van der Waals surface area contributed by atoms with Crippen molar-refractivity contribution in [1.82, 2.24) is 15.5 Å². The van der Waals surface area contributed by atoms with E-state index < -0.39 is 5.60 Å². The third-order valence-corrected chi connectivity index (χ3v) is 5.44. The molecule has 33 heavy (non-hydrogen) atoms. The van der Waals surface area contributed by atoms with Gasteiger partial charge in [-0.25, -0.2) is 4.99 Å². The third kappa shape index (κ3) is 9.48. The number of aliphatic imine (C=N–C) groups is 1. The van der Waals surface area contributed by atoms with Gasteiger partial charge in [-0.1, -0.05) is 42.5 Å². The Kier molecular flexibility index (Phi) is 11.9. The first-order valence-corrected chi connectivity index (χ1v) is 11.4. The lowest BCUT2D eigenvalue weighted by Gasteiger charge is -2.26. The van der Waals surface area contributed by atoms with Gasteiger partial charge in [-0.15, -0.1) is 24.0 Å². The van der Waals surface area contributed by atoms with Gasteiger partial charge in [0.2, 0.25) is 0 Å². The Labute approximate surface area is 214 Å². The zero-order valence-electron chi connectivity index (χ0n) is 19.6. The standard InChI is InChI=1S/C25H36N4O3.HI/c1-3-26-24(28-20-25(2,30)22-9-5-4-6-10-22)27-19-21-8-7-11-23(18-21)32-17-14-29-12-15-31-16-13-29;/h4-11,18,30H,3,12-17,19-20H2,1-2H3,(H2,26,27,28);1H. The summed E-state index contributed by atoms with van der Waals surface area (Å²) in [5, 5.41) is 17.3. The van der Waals surface area contributed by atoms with E-state index >= 15 is 0 Å². The first-order valence-electron chi connectivity index (χ1n) is 11.4. The van der Waals surface area contributed by atoms with Crippen LogP contribution < -0.4 is 15.4 Å². The Morgan fingerprint density at radius 3 is 2.61 bits per heavy atom. The maximum atomic E-state index is 10.8. The molecule has 0 saturated carbocycles. The van der Waals surface area contributed by atoms with Crippen LogP contribution in [0.1, 0.15) is 25.0 Å². The van der Waals surface area contributed by atoms with Crippen molar-refractivity contribution in [2.24, 2.45) is 4.99 Å². The second-order valence-electron chi connectivity index (χ2n) is 8.14. The number of hydrogen-bond donors (Lipinski definition) is 3. The predicted octanol–water partition coefficient (Wildman–Crippen LogP) is 2.98. The normalized spacial score (nSPS) is 16.4. The maximum absolute atomic E-state index is 10.8. The number of hydrogen-bond acceptors (Lipinski definition) is 5. The molecule has 1 atom stereocenters. The summed E-state index contributed by atoms with van der Waals surface area (Å²) < 4.78 is 11.3. The lowest BCUT2D eigenvalue weighted by molar-refractivity contribution is 0.0322. The molecule has 0 bridgehead atoms. The maximum Gasteiger partial charge on any atom is 0.191 e. The molecule has 0 radical (unpaired) electrons. The van der Waals surface area contributed by atoms with Crippen LogP contribution in [0.15, 0.2) is 59.6 Å². The van der Waals surface area contributed by atoms with E-state index in [0.717, 1.165) is 56.3 Å². The van der Waals surface area contributed by atoms with E-state index in [1.165, 1.54) is 0 Å². The summed E-state index contributed by atoms with van der Waals surface area (Å²) in [5.41, 5.74) is 0.942. The van der Waals surface area contributed by atoms with Crippen molar-refractivity contribution in [3.8, 4) is 5.75 Å². The lowest BCUT2D eigenvalue weighted by Crippen LogP contribution is -2.44. The molecular weight excluding hydrogens is 531 g/mol. The topological polar surface area (TPSA) is 78.4 Å². The highest BCUT2D eigenvalue weighted by Crippen LogP contribution is 2.19. The first-order chi connectivity index (χ1) is 15.6. The van der Waals surface area contributed by atoms with Crippen LogP contribution in [0, 0.1) is 0 Å². The lowest BCUT2D eigenvalue weighted by atomic mass is 9.96. The van der Waals surface area contributed by atoms with Gasteiger partial charge in [0.1, 0.15) is 18.0 Å². The Morgan fingerprint density at radius 1 is 1.12 bits per heavy atom. The van der Waals surface area contributed by atoms with Gasteiger partial charge in [-0.05, 0) is 37.1 Å². The average Bonchev–Trinajstić information content (AvgIpc) is 2.82. The molecular formula is C25H37IN4O3. The zero-order valence-corrected chi connectivity index (χ0v) is 22.0. The second-order valence-corrected chi connectivity index (χ2v) is 8.14. The predicted molar refractivity (Wildman–Crippen MR) is 143 cm³/mol. The summed E-state index contributed by atoms with van der Waals surface area (Å²) in [5.74, 6) is 1.53. The monoisotopic (exact) mass is 568 g/mol. The van der Waals surface area contributed by atoms with E-state index in [9.17, 15) is 5.11 Å². The molecule has 1 unspecified atom stereocenters. The molecule has 1 aliphatic rings. The Balaban J connectivity index is 0.00000385. The fraction of sp³-hybridized carbons (Fsp3) is 0.480. The van der Waals surface area contributed by atoms with Gasteiger partial charge in [-0.2, -0.15) is 0 Å². The number of rotatable bonds is 10. The van der Waals surface area contributed by atoms with E-state index in [-0.39, 0.29) is 24.0 Å². The van der Waals surface area contributed by atoms with E-state index in [1.807, 2.05) is 61.5 Å². The molecule has 0 aromatic heterocycles. The Bertz CT molecular complexity index is 843. The van der Waals surface area contributed by atoms with Crippen molar-refractivity contribution < 1.29 is 14.6 Å². The summed E-state index contributed by atoms with van der Waals surface area (Å²) >= 11 is 0. The van der Waals surface area contributed by atoms with E-state index in [2.05, 4.69) is 20.5 Å².